The quantitative estimate of drug-likeness (QED) is 0.779. The highest BCUT2D eigenvalue weighted by Crippen LogP contribution is 2.50. The predicted octanol–water partition coefficient (Wildman–Crippen LogP) is 2.71. The molecule has 0 amide bonds. The topological polar surface area (TPSA) is 35.2 Å². The standard InChI is InChI=1S/C13H25NO/c1-12(2,3)15-7-6-13(14)9-10-4-5-11(13)8-10/h10-11H,4-9,14H2,1-3H3. The maximum atomic E-state index is 6.49. The van der Waals surface area contributed by atoms with Crippen molar-refractivity contribution in [2.75, 3.05) is 6.61 Å². The van der Waals surface area contributed by atoms with Crippen molar-refractivity contribution in [2.24, 2.45) is 17.6 Å². The maximum absolute atomic E-state index is 6.49. The van der Waals surface area contributed by atoms with Crippen LogP contribution in [0, 0.1) is 11.8 Å². The average Bonchev–Trinajstić information content (AvgIpc) is 2.60. The van der Waals surface area contributed by atoms with Crippen molar-refractivity contribution in [3.63, 3.8) is 0 Å². The van der Waals surface area contributed by atoms with Crippen LogP contribution in [0.2, 0.25) is 0 Å². The molecule has 0 aromatic rings. The molecule has 2 N–H and O–H groups in total. The van der Waals surface area contributed by atoms with Crippen LogP contribution in [0.4, 0.5) is 0 Å². The Hall–Kier alpha value is -0.0800. The van der Waals surface area contributed by atoms with E-state index in [1.54, 1.807) is 0 Å². The van der Waals surface area contributed by atoms with Crippen molar-refractivity contribution in [3.05, 3.63) is 0 Å². The van der Waals surface area contributed by atoms with Crippen molar-refractivity contribution in [1.82, 2.24) is 0 Å². The molecule has 2 bridgehead atoms. The number of hydrogen-bond acceptors (Lipinski definition) is 2. The number of nitrogens with two attached hydrogens (primary N) is 1. The molecule has 2 aliphatic carbocycles. The molecule has 15 heavy (non-hydrogen) atoms. The number of hydrogen-bond donors (Lipinski definition) is 1. The van der Waals surface area contributed by atoms with Crippen LogP contribution in [-0.4, -0.2) is 17.7 Å². The molecule has 2 fully saturated rings. The van der Waals surface area contributed by atoms with E-state index >= 15 is 0 Å². The molecule has 2 aliphatic rings. The molecule has 2 rings (SSSR count). The lowest BCUT2D eigenvalue weighted by Crippen LogP contribution is -2.46. The minimum Gasteiger partial charge on any atom is -0.376 e. The lowest BCUT2D eigenvalue weighted by Gasteiger charge is -2.34. The SMILES string of the molecule is CC(C)(C)OCCC1(N)CC2CCC1C2. The third-order valence-corrected chi connectivity index (χ3v) is 4.13. The monoisotopic (exact) mass is 211 g/mol. The first-order chi connectivity index (χ1) is 6.89. The van der Waals surface area contributed by atoms with Crippen LogP contribution in [0.1, 0.15) is 52.9 Å². The van der Waals surface area contributed by atoms with Gasteiger partial charge in [-0.1, -0.05) is 6.42 Å². The van der Waals surface area contributed by atoms with E-state index in [-0.39, 0.29) is 11.1 Å². The summed E-state index contributed by atoms with van der Waals surface area (Å²) in [5, 5.41) is 0. The molecule has 3 unspecified atom stereocenters. The summed E-state index contributed by atoms with van der Waals surface area (Å²) in [5.41, 5.74) is 6.58. The van der Waals surface area contributed by atoms with Crippen molar-refractivity contribution in [3.8, 4) is 0 Å². The Bertz CT molecular complexity index is 233. The third-order valence-electron chi connectivity index (χ3n) is 4.13. The van der Waals surface area contributed by atoms with Gasteiger partial charge in [0.25, 0.3) is 0 Å². The molecule has 88 valence electrons. The molecule has 3 atom stereocenters. The fraction of sp³-hybridized carbons (Fsp3) is 1.00. The Labute approximate surface area is 93.6 Å². The van der Waals surface area contributed by atoms with Gasteiger partial charge >= 0.3 is 0 Å². The predicted molar refractivity (Wildman–Crippen MR) is 62.7 cm³/mol. The minimum absolute atomic E-state index is 0.0199. The third kappa shape index (κ3) is 2.54. The smallest absolute Gasteiger partial charge is 0.0598 e. The molecule has 2 saturated carbocycles. The van der Waals surface area contributed by atoms with Crippen LogP contribution < -0.4 is 5.73 Å². The fourth-order valence-corrected chi connectivity index (χ4v) is 3.34. The van der Waals surface area contributed by atoms with E-state index in [4.69, 9.17) is 10.5 Å². The summed E-state index contributed by atoms with van der Waals surface area (Å²) in [7, 11) is 0. The molecule has 0 aromatic carbocycles. The summed E-state index contributed by atoms with van der Waals surface area (Å²) in [6.45, 7) is 7.15. The molecule has 0 radical (unpaired) electrons. The van der Waals surface area contributed by atoms with Gasteiger partial charge in [0.05, 0.1) is 5.60 Å². The Morgan fingerprint density at radius 2 is 2.07 bits per heavy atom. The first-order valence-electron chi connectivity index (χ1n) is 6.32. The number of ether oxygens (including phenoxy) is 1. The van der Waals surface area contributed by atoms with Gasteiger partial charge in [-0.2, -0.15) is 0 Å². The van der Waals surface area contributed by atoms with Crippen LogP contribution >= 0.6 is 0 Å². The van der Waals surface area contributed by atoms with Gasteiger partial charge in [0.2, 0.25) is 0 Å². The molecule has 0 aromatic heterocycles. The van der Waals surface area contributed by atoms with Gasteiger partial charge in [-0.25, -0.2) is 0 Å². The highest BCUT2D eigenvalue weighted by molar-refractivity contribution is 5.04. The largest absolute Gasteiger partial charge is 0.376 e. The van der Waals surface area contributed by atoms with Crippen molar-refractivity contribution < 1.29 is 4.74 Å². The number of fused-ring (bicyclic) bond motifs is 2. The lowest BCUT2D eigenvalue weighted by molar-refractivity contribution is -0.0148. The van der Waals surface area contributed by atoms with E-state index in [1.165, 1.54) is 25.7 Å². The Morgan fingerprint density at radius 1 is 1.33 bits per heavy atom. The summed E-state index contributed by atoms with van der Waals surface area (Å²) >= 11 is 0. The van der Waals surface area contributed by atoms with E-state index in [0.29, 0.717) is 0 Å². The van der Waals surface area contributed by atoms with Gasteiger partial charge in [0.15, 0.2) is 0 Å². The zero-order valence-corrected chi connectivity index (χ0v) is 10.4. The summed E-state index contributed by atoms with van der Waals surface area (Å²) in [6, 6.07) is 0. The molecule has 0 saturated heterocycles. The molecule has 0 spiro atoms. The Morgan fingerprint density at radius 3 is 2.53 bits per heavy atom. The van der Waals surface area contributed by atoms with Gasteiger partial charge in [-0.3, -0.25) is 0 Å². The molecule has 0 heterocycles. The summed E-state index contributed by atoms with van der Waals surface area (Å²) in [6.07, 6.45) is 6.45. The summed E-state index contributed by atoms with van der Waals surface area (Å²) in [5.74, 6) is 1.71. The summed E-state index contributed by atoms with van der Waals surface area (Å²) in [4.78, 5) is 0. The Kier molecular flexibility index (Phi) is 2.85. The van der Waals surface area contributed by atoms with Crippen molar-refractivity contribution in [1.29, 1.82) is 0 Å². The van der Waals surface area contributed by atoms with Crippen molar-refractivity contribution in [2.45, 2.75) is 64.0 Å². The molecule has 0 aliphatic heterocycles. The second-order valence-corrected chi connectivity index (χ2v) is 6.52. The van der Waals surface area contributed by atoms with Crippen molar-refractivity contribution >= 4 is 0 Å². The zero-order valence-electron chi connectivity index (χ0n) is 10.4. The summed E-state index contributed by atoms with van der Waals surface area (Å²) < 4.78 is 5.78. The van der Waals surface area contributed by atoms with Gasteiger partial charge in [-0.15, -0.1) is 0 Å². The molecule has 2 nitrogen and oxygen atoms in total. The van der Waals surface area contributed by atoms with Gasteiger partial charge in [-0.05, 0) is 58.3 Å². The van der Waals surface area contributed by atoms with E-state index in [2.05, 4.69) is 20.8 Å². The van der Waals surface area contributed by atoms with Crippen LogP contribution in [0.15, 0.2) is 0 Å². The zero-order chi connectivity index (χ0) is 11.1. The van der Waals surface area contributed by atoms with Gasteiger partial charge < -0.3 is 10.5 Å². The lowest BCUT2D eigenvalue weighted by atomic mass is 9.79. The molecular formula is C13H25NO. The van der Waals surface area contributed by atoms with Gasteiger partial charge in [0, 0.05) is 12.1 Å². The normalized spacial score (nSPS) is 40.0. The number of rotatable bonds is 3. The highest BCUT2D eigenvalue weighted by atomic mass is 16.5. The molecular weight excluding hydrogens is 186 g/mol. The highest BCUT2D eigenvalue weighted by Gasteiger charge is 2.48. The fourth-order valence-electron chi connectivity index (χ4n) is 3.34. The second kappa shape index (κ2) is 3.74. The molecule has 2 heteroatoms. The van der Waals surface area contributed by atoms with Gasteiger partial charge in [0.1, 0.15) is 0 Å². The maximum Gasteiger partial charge on any atom is 0.0598 e. The van der Waals surface area contributed by atoms with Crippen LogP contribution in [0.5, 0.6) is 0 Å². The second-order valence-electron chi connectivity index (χ2n) is 6.52. The van der Waals surface area contributed by atoms with Crippen LogP contribution in [0.3, 0.4) is 0 Å². The minimum atomic E-state index is -0.0199. The van der Waals surface area contributed by atoms with E-state index in [0.717, 1.165) is 24.9 Å². The Balaban J connectivity index is 1.80. The first-order valence-corrected chi connectivity index (χ1v) is 6.32. The van der Waals surface area contributed by atoms with Crippen LogP contribution in [0.25, 0.3) is 0 Å². The van der Waals surface area contributed by atoms with E-state index in [9.17, 15) is 0 Å². The first kappa shape index (κ1) is 11.4. The average molecular weight is 211 g/mol. The van der Waals surface area contributed by atoms with Crippen LogP contribution in [-0.2, 0) is 4.74 Å². The van der Waals surface area contributed by atoms with E-state index < -0.39 is 0 Å². The van der Waals surface area contributed by atoms with E-state index in [1.807, 2.05) is 0 Å².